The molecule has 7 heteroatoms. The maximum absolute atomic E-state index is 13.2. The minimum Gasteiger partial charge on any atom is -0.494 e. The minimum absolute atomic E-state index is 0.178. The molecule has 2 heterocycles. The third-order valence-electron chi connectivity index (χ3n) is 5.61. The highest BCUT2D eigenvalue weighted by Gasteiger charge is 2.20. The summed E-state index contributed by atoms with van der Waals surface area (Å²) in [5.74, 6) is 1.92. The molecule has 1 aliphatic heterocycles. The maximum Gasteiger partial charge on any atom is 0.265 e. The molecular weight excluding hydrogens is 432 g/mol. The minimum atomic E-state index is -0.310. The molecular formula is C27H24N2O5. The summed E-state index contributed by atoms with van der Waals surface area (Å²) < 4.78 is 18.5. The Morgan fingerprint density at radius 1 is 1.03 bits per heavy atom. The Hall–Kier alpha value is -4.26. The van der Waals surface area contributed by atoms with Crippen LogP contribution in [0.4, 0.5) is 0 Å². The Morgan fingerprint density at radius 3 is 2.50 bits per heavy atom. The molecule has 5 rings (SSSR count). The highest BCUT2D eigenvalue weighted by molar-refractivity contribution is 6.01. The van der Waals surface area contributed by atoms with Crippen molar-refractivity contribution in [1.82, 2.24) is 4.57 Å². The molecule has 0 saturated carbocycles. The quantitative estimate of drug-likeness (QED) is 0.436. The van der Waals surface area contributed by atoms with E-state index < -0.39 is 0 Å². The van der Waals surface area contributed by atoms with Gasteiger partial charge in [0, 0.05) is 17.0 Å². The number of fused-ring (bicyclic) bond motifs is 2. The van der Waals surface area contributed by atoms with Crippen molar-refractivity contribution in [2.24, 2.45) is 4.99 Å². The molecule has 0 amide bonds. The number of rotatable bonds is 6. The standard InChI is InChI=1S/C27H24N2O5/c1-2-32-19-13-11-18(12-14-19)29-26(30)22-8-4-3-7-21(22)23(27(29)31)16-28-15-20-17-33-24-9-5-6-10-25(24)34-20/h3-14,16,20,31H,2,15,17H2,1H3. The van der Waals surface area contributed by atoms with Crippen LogP contribution in [0.5, 0.6) is 23.1 Å². The van der Waals surface area contributed by atoms with Gasteiger partial charge in [-0.2, -0.15) is 0 Å². The van der Waals surface area contributed by atoms with Crippen LogP contribution >= 0.6 is 0 Å². The van der Waals surface area contributed by atoms with Crippen LogP contribution in [0.3, 0.4) is 0 Å². The van der Waals surface area contributed by atoms with Crippen LogP contribution in [0.1, 0.15) is 12.5 Å². The van der Waals surface area contributed by atoms with Gasteiger partial charge in [0.15, 0.2) is 17.6 Å². The van der Waals surface area contributed by atoms with E-state index in [-0.39, 0.29) is 17.5 Å². The third kappa shape index (κ3) is 4.08. The average Bonchev–Trinajstić information content (AvgIpc) is 2.87. The summed E-state index contributed by atoms with van der Waals surface area (Å²) in [5, 5.41) is 12.3. The van der Waals surface area contributed by atoms with Crippen LogP contribution < -0.4 is 19.8 Å². The van der Waals surface area contributed by atoms with E-state index in [1.165, 1.54) is 4.57 Å². The van der Waals surface area contributed by atoms with Gasteiger partial charge >= 0.3 is 0 Å². The Kier molecular flexibility index (Phi) is 5.91. The Labute approximate surface area is 196 Å². The number of ether oxygens (including phenoxy) is 3. The Bertz CT molecular complexity index is 1410. The van der Waals surface area contributed by atoms with Gasteiger partial charge in [0.25, 0.3) is 5.56 Å². The molecule has 0 fully saturated rings. The predicted octanol–water partition coefficient (Wildman–Crippen LogP) is 4.35. The van der Waals surface area contributed by atoms with Gasteiger partial charge in [0.05, 0.1) is 24.4 Å². The van der Waals surface area contributed by atoms with Gasteiger partial charge in [-0.05, 0) is 49.4 Å². The van der Waals surface area contributed by atoms with Crippen molar-refractivity contribution < 1.29 is 19.3 Å². The first-order valence-electron chi connectivity index (χ1n) is 11.1. The fourth-order valence-corrected chi connectivity index (χ4v) is 4.00. The van der Waals surface area contributed by atoms with E-state index in [9.17, 15) is 9.90 Å². The average molecular weight is 456 g/mol. The molecule has 0 saturated heterocycles. The monoisotopic (exact) mass is 456 g/mol. The lowest BCUT2D eigenvalue weighted by atomic mass is 10.1. The summed E-state index contributed by atoms with van der Waals surface area (Å²) in [5.41, 5.74) is 0.684. The second-order valence-electron chi connectivity index (χ2n) is 7.84. The molecule has 7 nitrogen and oxygen atoms in total. The zero-order valence-corrected chi connectivity index (χ0v) is 18.7. The lowest BCUT2D eigenvalue weighted by Gasteiger charge is -2.25. The van der Waals surface area contributed by atoms with Crippen LogP contribution in [0, 0.1) is 0 Å². The van der Waals surface area contributed by atoms with Gasteiger partial charge in [-0.25, -0.2) is 4.57 Å². The lowest BCUT2D eigenvalue weighted by molar-refractivity contribution is 0.0973. The smallest absolute Gasteiger partial charge is 0.265 e. The van der Waals surface area contributed by atoms with Gasteiger partial charge < -0.3 is 19.3 Å². The van der Waals surface area contributed by atoms with Crippen molar-refractivity contribution in [1.29, 1.82) is 0 Å². The molecule has 0 spiro atoms. The highest BCUT2D eigenvalue weighted by Crippen LogP contribution is 2.31. The molecule has 0 aliphatic carbocycles. The van der Waals surface area contributed by atoms with Crippen molar-refractivity contribution in [3.8, 4) is 28.8 Å². The number of aromatic hydroxyl groups is 1. The van der Waals surface area contributed by atoms with Crippen LogP contribution in [0.2, 0.25) is 0 Å². The first-order chi connectivity index (χ1) is 16.7. The summed E-state index contributed by atoms with van der Waals surface area (Å²) in [6.45, 7) is 3.17. The second-order valence-corrected chi connectivity index (χ2v) is 7.84. The number of pyridine rings is 1. The third-order valence-corrected chi connectivity index (χ3v) is 5.61. The molecule has 1 aromatic heterocycles. The fourth-order valence-electron chi connectivity index (χ4n) is 4.00. The van der Waals surface area contributed by atoms with Crippen LogP contribution in [0.15, 0.2) is 82.6 Å². The van der Waals surface area contributed by atoms with Crippen molar-refractivity contribution in [3.05, 3.63) is 88.7 Å². The number of hydrogen-bond acceptors (Lipinski definition) is 6. The van der Waals surface area contributed by atoms with E-state index in [0.29, 0.717) is 59.0 Å². The molecule has 1 N–H and O–H groups in total. The van der Waals surface area contributed by atoms with Gasteiger partial charge in [0.1, 0.15) is 12.4 Å². The highest BCUT2D eigenvalue weighted by atomic mass is 16.6. The number of hydrogen-bond donors (Lipinski definition) is 1. The number of aliphatic imine (C=N–C) groups is 1. The zero-order chi connectivity index (χ0) is 23.5. The van der Waals surface area contributed by atoms with Crippen molar-refractivity contribution in [2.45, 2.75) is 13.0 Å². The first kappa shape index (κ1) is 21.6. The van der Waals surface area contributed by atoms with Crippen LogP contribution in [-0.2, 0) is 0 Å². The van der Waals surface area contributed by atoms with Gasteiger partial charge in [-0.1, -0.05) is 30.3 Å². The number of para-hydroxylation sites is 2. The summed E-state index contributed by atoms with van der Waals surface area (Å²) in [6.07, 6.45) is 1.34. The number of aromatic nitrogens is 1. The van der Waals surface area contributed by atoms with Crippen molar-refractivity contribution in [3.63, 3.8) is 0 Å². The van der Waals surface area contributed by atoms with E-state index in [2.05, 4.69) is 4.99 Å². The normalized spacial score (nSPS) is 15.0. The summed E-state index contributed by atoms with van der Waals surface area (Å²) in [7, 11) is 0. The Balaban J connectivity index is 1.49. The van der Waals surface area contributed by atoms with Crippen LogP contribution in [0.25, 0.3) is 16.5 Å². The molecule has 1 unspecified atom stereocenters. The molecule has 4 aromatic rings. The summed E-state index contributed by atoms with van der Waals surface area (Å²) in [6, 6.07) is 21.7. The first-order valence-corrected chi connectivity index (χ1v) is 11.1. The van der Waals surface area contributed by atoms with Crippen LogP contribution in [-0.4, -0.2) is 41.8 Å². The van der Waals surface area contributed by atoms with E-state index in [0.717, 1.165) is 0 Å². The molecule has 3 aromatic carbocycles. The van der Waals surface area contributed by atoms with E-state index >= 15 is 0 Å². The van der Waals surface area contributed by atoms with Gasteiger partial charge in [0.2, 0.25) is 5.88 Å². The van der Waals surface area contributed by atoms with Gasteiger partial charge in [-0.15, -0.1) is 0 Å². The topological polar surface area (TPSA) is 82.3 Å². The molecule has 172 valence electrons. The van der Waals surface area contributed by atoms with E-state index in [1.807, 2.05) is 37.3 Å². The zero-order valence-electron chi connectivity index (χ0n) is 18.7. The van der Waals surface area contributed by atoms with Gasteiger partial charge in [-0.3, -0.25) is 9.79 Å². The summed E-state index contributed by atoms with van der Waals surface area (Å²) in [4.78, 5) is 17.8. The molecule has 0 bridgehead atoms. The molecule has 1 atom stereocenters. The second kappa shape index (κ2) is 9.31. The molecule has 34 heavy (non-hydrogen) atoms. The van der Waals surface area contributed by atoms with Crippen molar-refractivity contribution >= 4 is 17.0 Å². The number of nitrogens with zero attached hydrogens (tertiary/aromatic N) is 2. The Morgan fingerprint density at radius 2 is 1.74 bits per heavy atom. The SMILES string of the molecule is CCOc1ccc(-n2c(O)c(C=NCC3COc4ccccc4O3)c3ccccc3c2=O)cc1. The predicted molar refractivity (Wildman–Crippen MR) is 131 cm³/mol. The fraction of sp³-hybridized carbons (Fsp3) is 0.185. The van der Waals surface area contributed by atoms with Crippen molar-refractivity contribution in [2.75, 3.05) is 19.8 Å². The largest absolute Gasteiger partial charge is 0.494 e. The molecule has 1 aliphatic rings. The van der Waals surface area contributed by atoms with E-state index in [4.69, 9.17) is 14.2 Å². The maximum atomic E-state index is 13.2. The number of benzene rings is 3. The summed E-state index contributed by atoms with van der Waals surface area (Å²) >= 11 is 0. The molecule has 0 radical (unpaired) electrons. The van der Waals surface area contributed by atoms with E-state index in [1.54, 1.807) is 48.7 Å². The lowest BCUT2D eigenvalue weighted by Crippen LogP contribution is -2.31.